The summed E-state index contributed by atoms with van der Waals surface area (Å²) in [5, 5.41) is 3.43. The molecule has 0 spiro atoms. The Kier molecular flexibility index (Phi) is 2.45. The Morgan fingerprint density at radius 1 is 1.54 bits per heavy atom. The molecule has 1 aromatic heterocycles. The Balaban J connectivity index is 1.93. The predicted octanol–water partition coefficient (Wildman–Crippen LogP) is 1.34. The van der Waals surface area contributed by atoms with Crippen LogP contribution in [0.1, 0.15) is 18.4 Å². The second-order valence-electron chi connectivity index (χ2n) is 3.39. The summed E-state index contributed by atoms with van der Waals surface area (Å²) >= 11 is 0. The van der Waals surface area contributed by atoms with Crippen LogP contribution in [-0.4, -0.2) is 18.1 Å². The molecule has 0 aliphatic heterocycles. The lowest BCUT2D eigenvalue weighted by Crippen LogP contribution is -2.15. The van der Waals surface area contributed by atoms with Gasteiger partial charge < -0.3 is 10.1 Å². The van der Waals surface area contributed by atoms with Gasteiger partial charge in [0.05, 0.1) is 13.3 Å². The van der Waals surface area contributed by atoms with Crippen molar-refractivity contribution in [1.82, 2.24) is 10.3 Å². The highest BCUT2D eigenvalue weighted by molar-refractivity contribution is 5.23. The van der Waals surface area contributed by atoms with Crippen molar-refractivity contribution in [1.29, 1.82) is 0 Å². The minimum absolute atomic E-state index is 0.742. The molecule has 2 rings (SSSR count). The lowest BCUT2D eigenvalue weighted by Gasteiger charge is -2.04. The molecule has 1 fully saturated rings. The zero-order chi connectivity index (χ0) is 9.10. The largest absolute Gasteiger partial charge is 0.495 e. The van der Waals surface area contributed by atoms with Gasteiger partial charge in [-0.05, 0) is 24.5 Å². The standard InChI is InChI=1S/C10H14N2O/c1-13-10-4-8(5-11-7-10)6-12-9-2-3-9/h4-5,7,9,12H,2-3,6H2,1H3. The Morgan fingerprint density at radius 3 is 3.08 bits per heavy atom. The monoisotopic (exact) mass is 178 g/mol. The summed E-state index contributed by atoms with van der Waals surface area (Å²) in [6.07, 6.45) is 6.23. The molecule has 0 amide bonds. The van der Waals surface area contributed by atoms with Crippen molar-refractivity contribution >= 4 is 0 Å². The van der Waals surface area contributed by atoms with E-state index in [2.05, 4.69) is 10.3 Å². The van der Waals surface area contributed by atoms with Crippen LogP contribution >= 0.6 is 0 Å². The molecule has 1 aliphatic carbocycles. The third kappa shape index (κ3) is 2.42. The van der Waals surface area contributed by atoms with Crippen molar-refractivity contribution in [3.8, 4) is 5.75 Å². The summed E-state index contributed by atoms with van der Waals surface area (Å²) in [6, 6.07) is 2.76. The van der Waals surface area contributed by atoms with E-state index in [-0.39, 0.29) is 0 Å². The first-order chi connectivity index (χ1) is 6.38. The minimum Gasteiger partial charge on any atom is -0.495 e. The highest BCUT2D eigenvalue weighted by atomic mass is 16.5. The van der Waals surface area contributed by atoms with E-state index in [1.165, 1.54) is 18.4 Å². The van der Waals surface area contributed by atoms with Crippen molar-refractivity contribution in [2.24, 2.45) is 0 Å². The van der Waals surface area contributed by atoms with Gasteiger partial charge in [-0.2, -0.15) is 0 Å². The van der Waals surface area contributed by atoms with Crippen molar-refractivity contribution in [3.05, 3.63) is 24.0 Å². The Morgan fingerprint density at radius 2 is 2.38 bits per heavy atom. The van der Waals surface area contributed by atoms with Crippen LogP contribution < -0.4 is 10.1 Å². The van der Waals surface area contributed by atoms with Crippen molar-refractivity contribution in [2.75, 3.05) is 7.11 Å². The van der Waals surface area contributed by atoms with Crippen LogP contribution in [0, 0.1) is 0 Å². The third-order valence-corrected chi connectivity index (χ3v) is 2.18. The first-order valence-corrected chi connectivity index (χ1v) is 4.60. The third-order valence-electron chi connectivity index (χ3n) is 2.18. The van der Waals surface area contributed by atoms with Crippen molar-refractivity contribution in [3.63, 3.8) is 0 Å². The molecular formula is C10H14N2O. The SMILES string of the molecule is COc1cncc(CNC2CC2)c1. The summed E-state index contributed by atoms with van der Waals surface area (Å²) < 4.78 is 5.09. The van der Waals surface area contributed by atoms with Crippen LogP contribution in [0.3, 0.4) is 0 Å². The molecule has 0 radical (unpaired) electrons. The summed E-state index contributed by atoms with van der Waals surface area (Å²) in [5.74, 6) is 0.829. The van der Waals surface area contributed by atoms with Crippen LogP contribution in [0.15, 0.2) is 18.5 Å². The maximum atomic E-state index is 5.09. The van der Waals surface area contributed by atoms with Crippen LogP contribution in [0.2, 0.25) is 0 Å². The summed E-state index contributed by atoms with van der Waals surface area (Å²) in [4.78, 5) is 4.09. The van der Waals surface area contributed by atoms with Gasteiger partial charge in [-0.25, -0.2) is 0 Å². The molecule has 0 saturated heterocycles. The fourth-order valence-electron chi connectivity index (χ4n) is 1.22. The van der Waals surface area contributed by atoms with Crippen molar-refractivity contribution < 1.29 is 4.74 Å². The number of methoxy groups -OCH3 is 1. The highest BCUT2D eigenvalue weighted by Crippen LogP contribution is 2.19. The second-order valence-corrected chi connectivity index (χ2v) is 3.39. The van der Waals surface area contributed by atoms with E-state index in [9.17, 15) is 0 Å². The van der Waals surface area contributed by atoms with Gasteiger partial charge in [-0.1, -0.05) is 0 Å². The summed E-state index contributed by atoms with van der Waals surface area (Å²) in [5.41, 5.74) is 1.19. The molecule has 1 aromatic rings. The van der Waals surface area contributed by atoms with Gasteiger partial charge >= 0.3 is 0 Å². The molecule has 0 atom stereocenters. The Labute approximate surface area is 78.1 Å². The van der Waals surface area contributed by atoms with Crippen LogP contribution in [0.5, 0.6) is 5.75 Å². The summed E-state index contributed by atoms with van der Waals surface area (Å²) in [6.45, 7) is 0.898. The number of nitrogens with one attached hydrogen (secondary N) is 1. The highest BCUT2D eigenvalue weighted by Gasteiger charge is 2.19. The number of pyridine rings is 1. The van der Waals surface area contributed by atoms with E-state index in [1.54, 1.807) is 13.3 Å². The van der Waals surface area contributed by atoms with Gasteiger partial charge in [0, 0.05) is 18.8 Å². The van der Waals surface area contributed by atoms with Gasteiger partial charge in [0.1, 0.15) is 5.75 Å². The molecule has 1 aliphatic rings. The molecule has 1 saturated carbocycles. The topological polar surface area (TPSA) is 34.1 Å². The number of hydrogen-bond acceptors (Lipinski definition) is 3. The van der Waals surface area contributed by atoms with Gasteiger partial charge in [0.2, 0.25) is 0 Å². The molecule has 13 heavy (non-hydrogen) atoms. The number of ether oxygens (including phenoxy) is 1. The predicted molar refractivity (Wildman–Crippen MR) is 50.7 cm³/mol. The van der Waals surface area contributed by atoms with E-state index in [0.29, 0.717) is 0 Å². The lowest BCUT2D eigenvalue weighted by atomic mass is 10.3. The van der Waals surface area contributed by atoms with Crippen LogP contribution in [-0.2, 0) is 6.54 Å². The zero-order valence-corrected chi connectivity index (χ0v) is 7.79. The fraction of sp³-hybridized carbons (Fsp3) is 0.500. The number of hydrogen-bond donors (Lipinski definition) is 1. The molecule has 0 aromatic carbocycles. The second kappa shape index (κ2) is 3.75. The van der Waals surface area contributed by atoms with E-state index < -0.39 is 0 Å². The van der Waals surface area contributed by atoms with E-state index in [0.717, 1.165) is 18.3 Å². The molecular weight excluding hydrogens is 164 g/mol. The smallest absolute Gasteiger partial charge is 0.137 e. The maximum absolute atomic E-state index is 5.09. The van der Waals surface area contributed by atoms with Gasteiger partial charge in [-0.15, -0.1) is 0 Å². The molecule has 3 nitrogen and oxygen atoms in total. The molecule has 1 N–H and O–H groups in total. The number of nitrogens with zero attached hydrogens (tertiary/aromatic N) is 1. The van der Waals surface area contributed by atoms with Crippen molar-refractivity contribution in [2.45, 2.75) is 25.4 Å². The molecule has 0 bridgehead atoms. The minimum atomic E-state index is 0.742. The quantitative estimate of drug-likeness (QED) is 0.755. The first-order valence-electron chi connectivity index (χ1n) is 4.60. The number of aromatic nitrogens is 1. The van der Waals surface area contributed by atoms with Crippen LogP contribution in [0.25, 0.3) is 0 Å². The Hall–Kier alpha value is -1.09. The molecule has 70 valence electrons. The fourth-order valence-corrected chi connectivity index (χ4v) is 1.22. The van der Waals surface area contributed by atoms with E-state index in [4.69, 9.17) is 4.74 Å². The number of rotatable bonds is 4. The lowest BCUT2D eigenvalue weighted by molar-refractivity contribution is 0.412. The molecule has 1 heterocycles. The van der Waals surface area contributed by atoms with E-state index >= 15 is 0 Å². The Bertz CT molecular complexity index is 284. The van der Waals surface area contributed by atoms with Gasteiger partial charge in [-0.3, -0.25) is 4.98 Å². The average Bonchev–Trinajstić information content (AvgIpc) is 2.99. The van der Waals surface area contributed by atoms with Gasteiger partial charge in [0.25, 0.3) is 0 Å². The molecule has 0 unspecified atom stereocenters. The van der Waals surface area contributed by atoms with Crippen LogP contribution in [0.4, 0.5) is 0 Å². The maximum Gasteiger partial charge on any atom is 0.137 e. The zero-order valence-electron chi connectivity index (χ0n) is 7.79. The first kappa shape index (κ1) is 8.51. The van der Waals surface area contributed by atoms with E-state index in [1.807, 2.05) is 12.3 Å². The van der Waals surface area contributed by atoms with Gasteiger partial charge in [0.15, 0.2) is 0 Å². The normalized spacial score (nSPS) is 15.8. The molecule has 3 heteroatoms. The summed E-state index contributed by atoms with van der Waals surface area (Å²) in [7, 11) is 1.66. The average molecular weight is 178 g/mol.